The molecule has 8 heteroatoms. The van der Waals surface area contributed by atoms with Crippen LogP contribution in [0.3, 0.4) is 0 Å². The quantitative estimate of drug-likeness (QED) is 0.472. The molecule has 2 aromatic carbocycles. The summed E-state index contributed by atoms with van der Waals surface area (Å²) in [6.45, 7) is 2.49. The largest absolute Gasteiger partial charge is 0.494 e. The van der Waals surface area contributed by atoms with Gasteiger partial charge in [0.05, 0.1) is 20.3 Å². The van der Waals surface area contributed by atoms with Gasteiger partial charge in [0, 0.05) is 48.1 Å². The number of morpholine rings is 1. The zero-order valence-electron chi connectivity index (χ0n) is 17.4. The molecule has 0 unspecified atom stereocenters. The van der Waals surface area contributed by atoms with Crippen molar-refractivity contribution in [1.29, 1.82) is 0 Å². The minimum absolute atomic E-state index is 0.274. The average Bonchev–Trinajstić information content (AvgIpc) is 2.84. The molecule has 0 bridgehead atoms. The Morgan fingerprint density at radius 3 is 2.56 bits per heavy atom. The van der Waals surface area contributed by atoms with Gasteiger partial charge in [0.1, 0.15) is 28.7 Å². The molecule has 5 rings (SSSR count). The summed E-state index contributed by atoms with van der Waals surface area (Å²) in [6.07, 6.45) is 3.40. The number of ether oxygens (including phenoxy) is 2. The number of rotatable bonds is 4. The van der Waals surface area contributed by atoms with Crippen molar-refractivity contribution in [2.45, 2.75) is 0 Å². The summed E-state index contributed by atoms with van der Waals surface area (Å²) in [5, 5.41) is 0.720. The Balaban J connectivity index is 1.77. The lowest BCUT2D eigenvalue weighted by molar-refractivity contribution is 0.122. The van der Waals surface area contributed by atoms with E-state index in [0.717, 1.165) is 17.0 Å². The molecule has 2 aromatic heterocycles. The number of pyridine rings is 1. The van der Waals surface area contributed by atoms with Gasteiger partial charge >= 0.3 is 0 Å². The number of methoxy groups -OCH3 is 1. The lowest BCUT2D eigenvalue weighted by Gasteiger charge is -2.29. The highest BCUT2D eigenvalue weighted by Gasteiger charge is 2.21. The van der Waals surface area contributed by atoms with Gasteiger partial charge in [0.2, 0.25) is 0 Å². The molecule has 1 aliphatic heterocycles. The number of aromatic nitrogens is 3. The predicted molar refractivity (Wildman–Crippen MR) is 118 cm³/mol. The van der Waals surface area contributed by atoms with Crippen LogP contribution in [0.4, 0.5) is 14.6 Å². The molecule has 162 valence electrons. The Morgan fingerprint density at radius 1 is 1.00 bits per heavy atom. The molecule has 0 saturated carbocycles. The monoisotopic (exact) mass is 434 g/mol. The van der Waals surface area contributed by atoms with Gasteiger partial charge in [-0.3, -0.25) is 4.98 Å². The van der Waals surface area contributed by atoms with Crippen LogP contribution in [-0.2, 0) is 4.74 Å². The second kappa shape index (κ2) is 8.47. The third kappa shape index (κ3) is 3.73. The topological polar surface area (TPSA) is 60.4 Å². The highest BCUT2D eigenvalue weighted by Crippen LogP contribution is 2.38. The molecule has 32 heavy (non-hydrogen) atoms. The van der Waals surface area contributed by atoms with E-state index in [1.807, 2.05) is 18.2 Å². The van der Waals surface area contributed by atoms with Crippen molar-refractivity contribution in [2.75, 3.05) is 38.3 Å². The lowest BCUT2D eigenvalue weighted by atomic mass is 10.0. The number of fused-ring (bicyclic) bond motifs is 1. The van der Waals surface area contributed by atoms with E-state index in [9.17, 15) is 8.78 Å². The maximum atomic E-state index is 14.6. The molecule has 1 saturated heterocycles. The second-order valence-electron chi connectivity index (χ2n) is 7.41. The maximum absolute atomic E-state index is 14.6. The van der Waals surface area contributed by atoms with Crippen LogP contribution in [0.1, 0.15) is 0 Å². The van der Waals surface area contributed by atoms with Crippen LogP contribution in [-0.4, -0.2) is 48.4 Å². The number of nitrogens with zero attached hydrogens (tertiary/aromatic N) is 4. The van der Waals surface area contributed by atoms with E-state index < -0.39 is 11.6 Å². The molecule has 0 aliphatic carbocycles. The third-order valence-corrected chi connectivity index (χ3v) is 5.44. The fraction of sp³-hybridized carbons (Fsp3) is 0.208. The Hall–Kier alpha value is -3.65. The number of hydrogen-bond donors (Lipinski definition) is 0. The fourth-order valence-corrected chi connectivity index (χ4v) is 3.86. The molecular formula is C24H20F2N4O2. The van der Waals surface area contributed by atoms with Crippen LogP contribution in [0.25, 0.3) is 33.4 Å². The van der Waals surface area contributed by atoms with E-state index >= 15 is 0 Å². The first kappa shape index (κ1) is 20.3. The molecule has 0 spiro atoms. The fourth-order valence-electron chi connectivity index (χ4n) is 3.86. The van der Waals surface area contributed by atoms with Gasteiger partial charge in [-0.25, -0.2) is 18.7 Å². The molecule has 6 nitrogen and oxygen atoms in total. The van der Waals surface area contributed by atoms with Crippen molar-refractivity contribution in [1.82, 2.24) is 15.0 Å². The molecule has 1 fully saturated rings. The first-order valence-electron chi connectivity index (χ1n) is 10.2. The Morgan fingerprint density at radius 2 is 1.84 bits per heavy atom. The van der Waals surface area contributed by atoms with Gasteiger partial charge in [-0.05, 0) is 42.0 Å². The summed E-state index contributed by atoms with van der Waals surface area (Å²) in [4.78, 5) is 15.9. The van der Waals surface area contributed by atoms with Crippen LogP contribution >= 0.6 is 0 Å². The minimum atomic E-state index is -0.646. The molecule has 0 radical (unpaired) electrons. The van der Waals surface area contributed by atoms with Crippen molar-refractivity contribution >= 4 is 16.7 Å². The molecule has 4 aromatic rings. The van der Waals surface area contributed by atoms with E-state index in [-0.39, 0.29) is 5.56 Å². The van der Waals surface area contributed by atoms with Gasteiger partial charge in [0.15, 0.2) is 5.82 Å². The van der Waals surface area contributed by atoms with Crippen LogP contribution in [0.5, 0.6) is 5.75 Å². The third-order valence-electron chi connectivity index (χ3n) is 5.44. The van der Waals surface area contributed by atoms with Crippen LogP contribution in [0.15, 0.2) is 54.9 Å². The summed E-state index contributed by atoms with van der Waals surface area (Å²) >= 11 is 0. The molecule has 1 aliphatic rings. The number of benzene rings is 2. The van der Waals surface area contributed by atoms with Crippen molar-refractivity contribution in [3.05, 3.63) is 66.5 Å². The van der Waals surface area contributed by atoms with E-state index in [0.29, 0.717) is 54.8 Å². The van der Waals surface area contributed by atoms with E-state index in [4.69, 9.17) is 19.4 Å². The van der Waals surface area contributed by atoms with Crippen molar-refractivity contribution in [3.63, 3.8) is 0 Å². The molecule has 0 N–H and O–H groups in total. The SMILES string of the molecule is COc1cc(-c2ccc(F)cc2F)cc2c(N3CCOCC3)nc(-c3cccnc3)nc12. The Bertz CT molecular complexity index is 1280. The predicted octanol–water partition coefficient (Wildman–Crippen LogP) is 4.48. The molecular weight excluding hydrogens is 414 g/mol. The number of halogens is 2. The summed E-state index contributed by atoms with van der Waals surface area (Å²) in [6, 6.07) is 10.8. The second-order valence-corrected chi connectivity index (χ2v) is 7.41. The summed E-state index contributed by atoms with van der Waals surface area (Å²) < 4.78 is 39.2. The van der Waals surface area contributed by atoms with Crippen molar-refractivity contribution in [3.8, 4) is 28.3 Å². The van der Waals surface area contributed by atoms with Crippen molar-refractivity contribution in [2.24, 2.45) is 0 Å². The molecule has 0 atom stereocenters. The van der Waals surface area contributed by atoms with Gasteiger partial charge in [-0.2, -0.15) is 0 Å². The molecule has 0 amide bonds. The van der Waals surface area contributed by atoms with Crippen LogP contribution in [0.2, 0.25) is 0 Å². The Kier molecular flexibility index (Phi) is 5.36. The van der Waals surface area contributed by atoms with Gasteiger partial charge in [-0.15, -0.1) is 0 Å². The Labute approximate surface area is 183 Å². The van der Waals surface area contributed by atoms with Crippen LogP contribution in [0, 0.1) is 11.6 Å². The lowest BCUT2D eigenvalue weighted by Crippen LogP contribution is -2.37. The maximum Gasteiger partial charge on any atom is 0.163 e. The highest BCUT2D eigenvalue weighted by atomic mass is 19.1. The number of anilines is 1. The van der Waals surface area contributed by atoms with E-state index in [1.54, 1.807) is 25.6 Å². The zero-order chi connectivity index (χ0) is 22.1. The smallest absolute Gasteiger partial charge is 0.163 e. The summed E-state index contributed by atoms with van der Waals surface area (Å²) in [7, 11) is 1.54. The van der Waals surface area contributed by atoms with E-state index in [1.165, 1.54) is 12.1 Å². The standard InChI is InChI=1S/C24H20F2N4O2/c1-31-21-12-16(18-5-4-17(25)13-20(18)26)11-19-22(21)28-23(15-3-2-6-27-14-15)29-24(19)30-7-9-32-10-8-30/h2-6,11-14H,7-10H2,1H3. The van der Waals surface area contributed by atoms with E-state index in [2.05, 4.69) is 9.88 Å². The first-order chi connectivity index (χ1) is 15.6. The van der Waals surface area contributed by atoms with Gasteiger partial charge < -0.3 is 14.4 Å². The normalized spacial score (nSPS) is 14.0. The first-order valence-corrected chi connectivity index (χ1v) is 10.2. The number of hydrogen-bond acceptors (Lipinski definition) is 6. The van der Waals surface area contributed by atoms with Gasteiger partial charge in [0.25, 0.3) is 0 Å². The average molecular weight is 434 g/mol. The van der Waals surface area contributed by atoms with Crippen LogP contribution < -0.4 is 9.64 Å². The summed E-state index contributed by atoms with van der Waals surface area (Å²) in [5.41, 5.74) is 2.21. The zero-order valence-corrected chi connectivity index (χ0v) is 17.4. The van der Waals surface area contributed by atoms with Gasteiger partial charge in [-0.1, -0.05) is 0 Å². The highest BCUT2D eigenvalue weighted by molar-refractivity contribution is 5.98. The molecule has 3 heterocycles. The minimum Gasteiger partial charge on any atom is -0.494 e. The summed E-state index contributed by atoms with van der Waals surface area (Å²) in [5.74, 6) is 0.430. The van der Waals surface area contributed by atoms with Crippen molar-refractivity contribution < 1.29 is 18.3 Å².